The molecule has 0 spiro atoms. The normalized spacial score (nSPS) is 17.1. The van der Waals surface area contributed by atoms with Gasteiger partial charge in [0.25, 0.3) is 0 Å². The minimum Gasteiger partial charge on any atom is -0.492 e. The number of amides is 1. The Bertz CT molecular complexity index is 420. The van der Waals surface area contributed by atoms with E-state index in [2.05, 4.69) is 0 Å². The largest absolute Gasteiger partial charge is 0.492 e. The molecule has 1 unspecified atom stereocenters. The van der Waals surface area contributed by atoms with Gasteiger partial charge in [-0.3, -0.25) is 4.79 Å². The van der Waals surface area contributed by atoms with Crippen LogP contribution in [0.3, 0.4) is 0 Å². The molecule has 0 fully saturated rings. The number of hydrogen-bond donors (Lipinski definition) is 1. The summed E-state index contributed by atoms with van der Waals surface area (Å²) in [6.07, 6.45) is 0.842. The van der Waals surface area contributed by atoms with Crippen LogP contribution in [0.5, 0.6) is 5.75 Å². The van der Waals surface area contributed by atoms with Crippen molar-refractivity contribution < 1.29 is 9.53 Å². The Morgan fingerprint density at radius 2 is 2.28 bits per heavy atom. The number of nitrogens with two attached hydrogens (primary N) is 1. The van der Waals surface area contributed by atoms with Gasteiger partial charge in [-0.2, -0.15) is 0 Å². The van der Waals surface area contributed by atoms with Crippen LogP contribution in [0.15, 0.2) is 24.3 Å². The first-order valence-corrected chi connectivity index (χ1v) is 6.48. The lowest BCUT2D eigenvalue weighted by molar-refractivity contribution is -0.132. The minimum atomic E-state index is -0.154. The van der Waals surface area contributed by atoms with E-state index in [1.54, 1.807) is 0 Å². The number of fused-ring (bicyclic) bond motifs is 1. The van der Waals surface area contributed by atoms with Crippen LogP contribution in [0, 0.1) is 0 Å². The average molecular weight is 248 g/mol. The van der Waals surface area contributed by atoms with Gasteiger partial charge in [0.15, 0.2) is 0 Å². The fourth-order valence-corrected chi connectivity index (χ4v) is 2.29. The molecule has 0 radical (unpaired) electrons. The monoisotopic (exact) mass is 248 g/mol. The molecule has 0 saturated carbocycles. The predicted octanol–water partition coefficient (Wildman–Crippen LogP) is 1.36. The Labute approximate surface area is 108 Å². The molecule has 0 saturated heterocycles. The van der Waals surface area contributed by atoms with E-state index in [0.717, 1.165) is 30.8 Å². The number of rotatable bonds is 5. The highest BCUT2D eigenvalue weighted by Gasteiger charge is 2.32. The summed E-state index contributed by atoms with van der Waals surface area (Å²) in [5.41, 5.74) is 6.51. The van der Waals surface area contributed by atoms with E-state index in [1.165, 1.54) is 0 Å². The third-order valence-electron chi connectivity index (χ3n) is 3.32. The van der Waals surface area contributed by atoms with Crippen LogP contribution in [0.25, 0.3) is 0 Å². The Morgan fingerprint density at radius 1 is 1.50 bits per heavy atom. The summed E-state index contributed by atoms with van der Waals surface area (Å²) in [5.74, 6) is 0.834. The first kappa shape index (κ1) is 12.9. The molecule has 1 aromatic carbocycles. The van der Waals surface area contributed by atoms with E-state index in [0.29, 0.717) is 13.2 Å². The van der Waals surface area contributed by atoms with Gasteiger partial charge in [-0.05, 0) is 26.0 Å². The number of nitrogens with zero attached hydrogens (tertiary/aromatic N) is 1. The van der Waals surface area contributed by atoms with Gasteiger partial charge in [-0.25, -0.2) is 0 Å². The minimum absolute atomic E-state index is 0.149. The van der Waals surface area contributed by atoms with Crippen LogP contribution in [0.2, 0.25) is 0 Å². The van der Waals surface area contributed by atoms with Gasteiger partial charge in [0, 0.05) is 18.7 Å². The Kier molecular flexibility index (Phi) is 4.20. The first-order valence-electron chi connectivity index (χ1n) is 6.48. The third kappa shape index (κ3) is 2.48. The number of carbonyl (C=O) groups excluding carboxylic acids is 1. The Hall–Kier alpha value is -1.55. The van der Waals surface area contributed by atoms with Crippen LogP contribution in [0.1, 0.15) is 24.8 Å². The van der Waals surface area contributed by atoms with Crippen molar-refractivity contribution in [3.8, 4) is 5.75 Å². The SMILES string of the molecule is CCN(CCCN)C(=O)C1COc2ccccc21. The van der Waals surface area contributed by atoms with E-state index in [-0.39, 0.29) is 11.8 Å². The summed E-state index contributed by atoms with van der Waals surface area (Å²) in [6.45, 7) is 4.51. The van der Waals surface area contributed by atoms with Crippen LogP contribution in [0.4, 0.5) is 0 Å². The van der Waals surface area contributed by atoms with Crippen LogP contribution in [-0.2, 0) is 4.79 Å². The maximum absolute atomic E-state index is 12.5. The second kappa shape index (κ2) is 5.87. The maximum atomic E-state index is 12.5. The van der Waals surface area contributed by atoms with Gasteiger partial charge >= 0.3 is 0 Å². The summed E-state index contributed by atoms with van der Waals surface area (Å²) >= 11 is 0. The van der Waals surface area contributed by atoms with Crippen molar-refractivity contribution in [2.45, 2.75) is 19.3 Å². The Balaban J connectivity index is 2.10. The number of ether oxygens (including phenoxy) is 1. The molecule has 2 N–H and O–H groups in total. The fourth-order valence-electron chi connectivity index (χ4n) is 2.29. The number of hydrogen-bond acceptors (Lipinski definition) is 3. The highest BCUT2D eigenvalue weighted by atomic mass is 16.5. The lowest BCUT2D eigenvalue weighted by Gasteiger charge is -2.23. The highest BCUT2D eigenvalue weighted by Crippen LogP contribution is 2.34. The van der Waals surface area contributed by atoms with Crippen molar-refractivity contribution in [2.75, 3.05) is 26.2 Å². The number of para-hydroxylation sites is 1. The molecule has 1 aromatic rings. The standard InChI is InChI=1S/C14H20N2O2/c1-2-16(9-5-8-15)14(17)12-10-18-13-7-4-3-6-11(12)13/h3-4,6-7,12H,2,5,8-10,15H2,1H3. The molecule has 0 bridgehead atoms. The van der Waals surface area contributed by atoms with Crippen LogP contribution in [-0.4, -0.2) is 37.0 Å². The first-order chi connectivity index (χ1) is 8.77. The summed E-state index contributed by atoms with van der Waals surface area (Å²) in [5, 5.41) is 0. The average Bonchev–Trinajstić information content (AvgIpc) is 2.83. The lowest BCUT2D eigenvalue weighted by atomic mass is 10.00. The molecule has 1 aliphatic rings. The molecule has 2 rings (SSSR count). The smallest absolute Gasteiger partial charge is 0.233 e. The predicted molar refractivity (Wildman–Crippen MR) is 70.6 cm³/mol. The fraction of sp³-hybridized carbons (Fsp3) is 0.500. The van der Waals surface area contributed by atoms with E-state index >= 15 is 0 Å². The van der Waals surface area contributed by atoms with Crippen molar-refractivity contribution in [3.63, 3.8) is 0 Å². The highest BCUT2D eigenvalue weighted by molar-refractivity contribution is 5.85. The number of carbonyl (C=O) groups is 1. The molecule has 1 heterocycles. The quantitative estimate of drug-likeness (QED) is 0.856. The molecule has 98 valence electrons. The summed E-state index contributed by atoms with van der Waals surface area (Å²) in [6, 6.07) is 7.77. The van der Waals surface area contributed by atoms with Gasteiger partial charge < -0.3 is 15.4 Å². The molecule has 0 aromatic heterocycles. The third-order valence-corrected chi connectivity index (χ3v) is 3.32. The molecule has 1 atom stereocenters. The van der Waals surface area contributed by atoms with Gasteiger partial charge in [0.2, 0.25) is 5.91 Å². The van der Waals surface area contributed by atoms with E-state index in [4.69, 9.17) is 10.5 Å². The van der Waals surface area contributed by atoms with Crippen molar-refractivity contribution >= 4 is 5.91 Å². The summed E-state index contributed by atoms with van der Waals surface area (Å²) in [4.78, 5) is 14.3. The van der Waals surface area contributed by atoms with Gasteiger partial charge in [0.1, 0.15) is 18.3 Å². The lowest BCUT2D eigenvalue weighted by Crippen LogP contribution is -2.37. The second-order valence-electron chi connectivity index (χ2n) is 4.46. The molecule has 4 nitrogen and oxygen atoms in total. The molecular weight excluding hydrogens is 228 g/mol. The second-order valence-corrected chi connectivity index (χ2v) is 4.46. The zero-order chi connectivity index (χ0) is 13.0. The van der Waals surface area contributed by atoms with Gasteiger partial charge in [-0.1, -0.05) is 18.2 Å². The van der Waals surface area contributed by atoms with Crippen LogP contribution >= 0.6 is 0 Å². The van der Waals surface area contributed by atoms with Crippen LogP contribution < -0.4 is 10.5 Å². The number of likely N-dealkylation sites (N-methyl/N-ethyl adjacent to an activating group) is 1. The summed E-state index contributed by atoms with van der Waals surface area (Å²) < 4.78 is 5.56. The Morgan fingerprint density at radius 3 is 3.00 bits per heavy atom. The van der Waals surface area contributed by atoms with E-state index in [9.17, 15) is 4.79 Å². The van der Waals surface area contributed by atoms with Crippen molar-refractivity contribution in [3.05, 3.63) is 29.8 Å². The van der Waals surface area contributed by atoms with Gasteiger partial charge in [0.05, 0.1) is 0 Å². The molecule has 4 heteroatoms. The molecule has 18 heavy (non-hydrogen) atoms. The summed E-state index contributed by atoms with van der Waals surface area (Å²) in [7, 11) is 0. The topological polar surface area (TPSA) is 55.6 Å². The van der Waals surface area contributed by atoms with E-state index < -0.39 is 0 Å². The zero-order valence-electron chi connectivity index (χ0n) is 10.8. The number of benzene rings is 1. The van der Waals surface area contributed by atoms with Crippen molar-refractivity contribution in [1.82, 2.24) is 4.90 Å². The molecule has 0 aliphatic carbocycles. The van der Waals surface area contributed by atoms with Crippen molar-refractivity contribution in [2.24, 2.45) is 5.73 Å². The molecule has 1 aliphatic heterocycles. The zero-order valence-corrected chi connectivity index (χ0v) is 10.8. The van der Waals surface area contributed by atoms with E-state index in [1.807, 2.05) is 36.1 Å². The molecular formula is C14H20N2O2. The van der Waals surface area contributed by atoms with Gasteiger partial charge in [-0.15, -0.1) is 0 Å². The maximum Gasteiger partial charge on any atom is 0.233 e. The molecule has 1 amide bonds. The van der Waals surface area contributed by atoms with Crippen molar-refractivity contribution in [1.29, 1.82) is 0 Å².